The van der Waals surface area contributed by atoms with Crippen LogP contribution in [-0.4, -0.2) is 58.5 Å². The second kappa shape index (κ2) is 6.98. The third kappa shape index (κ3) is 3.25. The van der Waals surface area contributed by atoms with Crippen molar-refractivity contribution in [2.75, 3.05) is 24.6 Å². The first-order valence-corrected chi connectivity index (χ1v) is 9.20. The Morgan fingerprint density at radius 2 is 1.93 bits per heavy atom. The molecule has 2 saturated heterocycles. The van der Waals surface area contributed by atoms with Crippen molar-refractivity contribution in [1.82, 2.24) is 14.9 Å². The molecule has 27 heavy (non-hydrogen) atoms. The Labute approximate surface area is 158 Å². The van der Waals surface area contributed by atoms with Gasteiger partial charge in [0.05, 0.1) is 24.3 Å². The monoisotopic (exact) mass is 366 g/mol. The van der Waals surface area contributed by atoms with E-state index in [4.69, 9.17) is 4.74 Å². The molecule has 7 heteroatoms. The first-order chi connectivity index (χ1) is 13.1. The molecule has 2 aromatic rings. The van der Waals surface area contributed by atoms with Crippen LogP contribution in [0.1, 0.15) is 39.6 Å². The summed E-state index contributed by atoms with van der Waals surface area (Å²) in [6, 6.07) is 8.09. The lowest BCUT2D eigenvalue weighted by molar-refractivity contribution is 0.0525. The smallest absolute Gasteiger partial charge is 0.341 e. The zero-order valence-electron chi connectivity index (χ0n) is 15.5. The van der Waals surface area contributed by atoms with Crippen LogP contribution in [0.4, 0.5) is 5.95 Å². The Balaban J connectivity index is 1.44. The van der Waals surface area contributed by atoms with E-state index in [1.54, 1.807) is 6.92 Å². The van der Waals surface area contributed by atoms with Crippen LogP contribution in [0, 0.1) is 6.92 Å². The molecule has 0 aliphatic carbocycles. The van der Waals surface area contributed by atoms with E-state index < -0.39 is 5.97 Å². The number of nitrogens with zero attached hydrogens (tertiary/aromatic N) is 4. The molecule has 0 radical (unpaired) electrons. The van der Waals surface area contributed by atoms with Gasteiger partial charge in [-0.1, -0.05) is 17.7 Å². The summed E-state index contributed by atoms with van der Waals surface area (Å²) in [6.45, 7) is 5.45. The number of piperazine rings is 1. The second-order valence-corrected chi connectivity index (χ2v) is 7.01. The van der Waals surface area contributed by atoms with E-state index in [0.717, 1.165) is 17.5 Å². The maximum Gasteiger partial charge on any atom is 0.341 e. The molecule has 2 fully saturated rings. The molecule has 1 amide bonds. The summed E-state index contributed by atoms with van der Waals surface area (Å²) in [6.07, 6.45) is 3.92. The highest BCUT2D eigenvalue weighted by atomic mass is 16.5. The maximum absolute atomic E-state index is 12.8. The summed E-state index contributed by atoms with van der Waals surface area (Å²) in [5, 5.41) is 0. The minimum absolute atomic E-state index is 0.0874. The zero-order chi connectivity index (χ0) is 19.0. The van der Waals surface area contributed by atoms with Crippen LogP contribution in [-0.2, 0) is 4.74 Å². The Hall–Kier alpha value is -2.96. The van der Waals surface area contributed by atoms with Crippen molar-refractivity contribution in [1.29, 1.82) is 0 Å². The first kappa shape index (κ1) is 17.5. The lowest BCUT2D eigenvalue weighted by Crippen LogP contribution is -2.49. The van der Waals surface area contributed by atoms with Gasteiger partial charge in [0.15, 0.2) is 0 Å². The van der Waals surface area contributed by atoms with Gasteiger partial charge in [-0.3, -0.25) is 4.79 Å². The lowest BCUT2D eigenvalue weighted by atomic mass is 10.1. The average molecular weight is 366 g/mol. The molecular weight excluding hydrogens is 344 g/mol. The first-order valence-electron chi connectivity index (χ1n) is 9.20. The van der Waals surface area contributed by atoms with Crippen molar-refractivity contribution in [3.63, 3.8) is 0 Å². The van der Waals surface area contributed by atoms with Crippen molar-refractivity contribution < 1.29 is 14.3 Å². The number of benzene rings is 1. The maximum atomic E-state index is 12.8. The molecule has 2 atom stereocenters. The SMILES string of the molecule is CCOC(=O)c1cnc(N2C[C@H]3C[C@@H]2CN3C(=O)c2cccc(C)c2)nc1. The molecule has 4 rings (SSSR count). The molecule has 7 nitrogen and oxygen atoms in total. The number of aryl methyl sites for hydroxylation is 1. The molecule has 2 aliphatic rings. The van der Waals surface area contributed by atoms with E-state index in [-0.39, 0.29) is 18.0 Å². The molecule has 1 aromatic carbocycles. The summed E-state index contributed by atoms with van der Waals surface area (Å²) in [5.41, 5.74) is 2.17. The third-order valence-corrected chi connectivity index (χ3v) is 5.17. The van der Waals surface area contributed by atoms with Crippen LogP contribution in [0.5, 0.6) is 0 Å². The molecule has 140 valence electrons. The topological polar surface area (TPSA) is 75.6 Å². The number of esters is 1. The van der Waals surface area contributed by atoms with Crippen molar-refractivity contribution in [2.24, 2.45) is 0 Å². The summed E-state index contributed by atoms with van der Waals surface area (Å²) >= 11 is 0. The van der Waals surface area contributed by atoms with Crippen molar-refractivity contribution in [3.05, 3.63) is 53.3 Å². The highest BCUT2D eigenvalue weighted by molar-refractivity contribution is 5.95. The number of carbonyl (C=O) groups excluding carboxylic acids is 2. The largest absolute Gasteiger partial charge is 0.462 e. The van der Waals surface area contributed by atoms with Gasteiger partial charge in [0, 0.05) is 31.0 Å². The standard InChI is InChI=1S/C20H22N4O3/c1-3-27-19(26)15-9-21-20(22-10-15)24-12-16-8-17(24)11-23(16)18(25)14-6-4-5-13(2)7-14/h4-7,9-10,16-17H,3,8,11-12H2,1-2H3/t16-,17-/m1/s1. The van der Waals surface area contributed by atoms with Crippen LogP contribution >= 0.6 is 0 Å². The van der Waals surface area contributed by atoms with Crippen LogP contribution in [0.25, 0.3) is 0 Å². The van der Waals surface area contributed by atoms with E-state index in [0.29, 0.717) is 31.2 Å². The van der Waals surface area contributed by atoms with E-state index >= 15 is 0 Å². The quantitative estimate of drug-likeness (QED) is 0.771. The Kier molecular flexibility index (Phi) is 4.51. The van der Waals surface area contributed by atoms with Gasteiger partial charge < -0.3 is 14.5 Å². The molecule has 0 saturated carbocycles. The lowest BCUT2D eigenvalue weighted by Gasteiger charge is -2.34. The Bertz CT molecular complexity index is 868. The number of anilines is 1. The highest BCUT2D eigenvalue weighted by Gasteiger charge is 2.46. The fraction of sp³-hybridized carbons (Fsp3) is 0.400. The highest BCUT2D eigenvalue weighted by Crippen LogP contribution is 2.33. The van der Waals surface area contributed by atoms with Crippen molar-refractivity contribution in [3.8, 4) is 0 Å². The van der Waals surface area contributed by atoms with Crippen molar-refractivity contribution >= 4 is 17.8 Å². The van der Waals surface area contributed by atoms with E-state index in [1.165, 1.54) is 12.4 Å². The minimum atomic E-state index is -0.415. The zero-order valence-corrected chi connectivity index (χ0v) is 15.5. The van der Waals surface area contributed by atoms with Gasteiger partial charge >= 0.3 is 5.97 Å². The number of likely N-dealkylation sites (tertiary alicyclic amines) is 1. The second-order valence-electron chi connectivity index (χ2n) is 7.01. The molecule has 2 aliphatic heterocycles. The van der Waals surface area contributed by atoms with Gasteiger partial charge in [0.2, 0.25) is 5.95 Å². The Morgan fingerprint density at radius 1 is 1.15 bits per heavy atom. The van der Waals surface area contributed by atoms with Crippen LogP contribution < -0.4 is 4.90 Å². The third-order valence-electron chi connectivity index (χ3n) is 5.17. The molecule has 0 unspecified atom stereocenters. The number of carbonyl (C=O) groups is 2. The molecule has 3 heterocycles. The Morgan fingerprint density at radius 3 is 2.56 bits per heavy atom. The van der Waals surface area contributed by atoms with E-state index in [9.17, 15) is 9.59 Å². The molecule has 0 spiro atoms. The number of hydrogen-bond acceptors (Lipinski definition) is 6. The number of fused-ring (bicyclic) bond motifs is 2. The number of hydrogen-bond donors (Lipinski definition) is 0. The van der Waals surface area contributed by atoms with Gasteiger partial charge in [-0.05, 0) is 32.4 Å². The van der Waals surface area contributed by atoms with Gasteiger partial charge in [0.25, 0.3) is 5.91 Å². The van der Waals surface area contributed by atoms with Crippen molar-refractivity contribution in [2.45, 2.75) is 32.4 Å². The number of rotatable bonds is 4. The number of amides is 1. The van der Waals surface area contributed by atoms with Gasteiger partial charge in [0.1, 0.15) is 0 Å². The van der Waals surface area contributed by atoms with E-state index in [2.05, 4.69) is 14.9 Å². The van der Waals surface area contributed by atoms with Gasteiger partial charge in [-0.25, -0.2) is 14.8 Å². The van der Waals surface area contributed by atoms with Crippen LogP contribution in [0.3, 0.4) is 0 Å². The molecule has 1 aromatic heterocycles. The minimum Gasteiger partial charge on any atom is -0.462 e. The molecule has 2 bridgehead atoms. The fourth-order valence-corrected chi connectivity index (χ4v) is 3.89. The summed E-state index contributed by atoms with van der Waals surface area (Å²) in [4.78, 5) is 37.3. The molecular formula is C20H22N4O3. The number of aromatic nitrogens is 2. The summed E-state index contributed by atoms with van der Waals surface area (Å²) in [7, 11) is 0. The van der Waals surface area contributed by atoms with Gasteiger partial charge in [-0.2, -0.15) is 0 Å². The fourth-order valence-electron chi connectivity index (χ4n) is 3.89. The van der Waals surface area contributed by atoms with E-state index in [1.807, 2.05) is 36.1 Å². The summed E-state index contributed by atoms with van der Waals surface area (Å²) < 4.78 is 4.96. The number of ether oxygens (including phenoxy) is 1. The predicted octanol–water partition coefficient (Wildman–Crippen LogP) is 2.07. The predicted molar refractivity (Wildman–Crippen MR) is 99.7 cm³/mol. The normalized spacial score (nSPS) is 20.8. The molecule has 0 N–H and O–H groups in total. The van der Waals surface area contributed by atoms with Gasteiger partial charge in [-0.15, -0.1) is 0 Å². The van der Waals surface area contributed by atoms with Crippen LogP contribution in [0.2, 0.25) is 0 Å². The average Bonchev–Trinajstić information content (AvgIpc) is 3.28. The van der Waals surface area contributed by atoms with Crippen LogP contribution in [0.15, 0.2) is 36.7 Å². The summed E-state index contributed by atoms with van der Waals surface area (Å²) in [5.74, 6) is 0.268.